The van der Waals surface area contributed by atoms with Gasteiger partial charge >= 0.3 is 5.97 Å². The van der Waals surface area contributed by atoms with E-state index in [1.807, 2.05) is 19.9 Å². The molecule has 0 spiro atoms. The smallest absolute Gasteiger partial charge is 0.342 e. The lowest BCUT2D eigenvalue weighted by Gasteiger charge is -2.15. The lowest BCUT2D eigenvalue weighted by atomic mass is 9.99. The maximum Gasteiger partial charge on any atom is 0.342 e. The molecule has 2 N–H and O–H groups in total. The van der Waals surface area contributed by atoms with Crippen molar-refractivity contribution in [3.8, 4) is 0 Å². The quantitative estimate of drug-likeness (QED) is 0.158. The third-order valence-corrected chi connectivity index (χ3v) is 5.54. The van der Waals surface area contributed by atoms with Gasteiger partial charge in [-0.3, -0.25) is 0 Å². The Labute approximate surface area is 193 Å². The summed E-state index contributed by atoms with van der Waals surface area (Å²) in [5.41, 5.74) is 3.36. The average molecular weight is 467 g/mol. The fourth-order valence-electron chi connectivity index (χ4n) is 2.99. The highest BCUT2D eigenvalue weighted by atomic mass is 35.5. The molecular formula is C23H28Cl2N2O4. The van der Waals surface area contributed by atoms with Gasteiger partial charge in [0, 0.05) is 6.61 Å². The van der Waals surface area contributed by atoms with Crippen molar-refractivity contribution in [2.75, 3.05) is 18.7 Å². The van der Waals surface area contributed by atoms with Crippen molar-refractivity contribution >= 4 is 46.3 Å². The van der Waals surface area contributed by atoms with Crippen molar-refractivity contribution in [2.24, 2.45) is 5.16 Å². The summed E-state index contributed by atoms with van der Waals surface area (Å²) in [4.78, 5) is 12.2. The Morgan fingerprint density at radius 3 is 2.48 bits per heavy atom. The van der Waals surface area contributed by atoms with E-state index in [0.29, 0.717) is 33.6 Å². The van der Waals surface area contributed by atoms with Gasteiger partial charge in [-0.2, -0.15) is 0 Å². The molecule has 1 aliphatic rings. The van der Waals surface area contributed by atoms with E-state index in [1.54, 1.807) is 30.3 Å². The Kier molecular flexibility index (Phi) is 10.6. The van der Waals surface area contributed by atoms with Crippen molar-refractivity contribution in [2.45, 2.75) is 46.0 Å². The van der Waals surface area contributed by atoms with Gasteiger partial charge < -0.3 is 20.0 Å². The summed E-state index contributed by atoms with van der Waals surface area (Å²) < 4.78 is 10.1. The average Bonchev–Trinajstić information content (AvgIpc) is 2.80. The van der Waals surface area contributed by atoms with Gasteiger partial charge in [-0.25, -0.2) is 4.79 Å². The third kappa shape index (κ3) is 7.73. The molecule has 0 heterocycles. The molecule has 0 aromatic heterocycles. The van der Waals surface area contributed by atoms with Gasteiger partial charge in [0.25, 0.3) is 0 Å². The van der Waals surface area contributed by atoms with Crippen molar-refractivity contribution in [3.63, 3.8) is 0 Å². The van der Waals surface area contributed by atoms with Gasteiger partial charge in [0.1, 0.15) is 0 Å². The normalized spacial score (nSPS) is 13.1. The molecule has 6 nitrogen and oxygen atoms in total. The molecule has 0 aliphatic heterocycles. The van der Waals surface area contributed by atoms with Crippen LogP contribution >= 0.6 is 23.2 Å². The predicted molar refractivity (Wildman–Crippen MR) is 125 cm³/mol. The topological polar surface area (TPSA) is 80.2 Å². The highest BCUT2D eigenvalue weighted by Gasteiger charge is 2.15. The van der Waals surface area contributed by atoms with E-state index < -0.39 is 5.97 Å². The molecule has 0 unspecified atom stereocenters. The van der Waals surface area contributed by atoms with Gasteiger partial charge in [0.05, 0.1) is 32.7 Å². The number of anilines is 2. The molecule has 8 heteroatoms. The standard InChI is InChI=1S/C17H17Cl2NO3.C6H11NO/c1-3-22-10-23-17(21)12-6-4-5-7-14(12)20-16-13(18)9-8-11(2)15(16)19;8-7-6-4-2-1-3-5-6/h4-9,20H,3,10H2,1-2H3;8H,1-5H2. The minimum Gasteiger partial charge on any atom is -0.435 e. The molecule has 2 aromatic rings. The van der Waals surface area contributed by atoms with Crippen LogP contribution in [-0.4, -0.2) is 30.3 Å². The zero-order valence-corrected chi connectivity index (χ0v) is 19.3. The van der Waals surface area contributed by atoms with Crippen LogP contribution in [0, 0.1) is 6.92 Å². The molecule has 168 valence electrons. The lowest BCUT2D eigenvalue weighted by molar-refractivity contribution is -0.0273. The van der Waals surface area contributed by atoms with E-state index in [9.17, 15) is 4.79 Å². The molecule has 2 aromatic carbocycles. The van der Waals surface area contributed by atoms with Gasteiger partial charge in [-0.1, -0.05) is 53.0 Å². The molecule has 3 rings (SSSR count). The summed E-state index contributed by atoms with van der Waals surface area (Å²) in [6.07, 6.45) is 5.74. The zero-order chi connectivity index (χ0) is 22.6. The monoisotopic (exact) mass is 466 g/mol. The number of carbonyl (C=O) groups is 1. The number of hydrogen-bond acceptors (Lipinski definition) is 6. The summed E-state index contributed by atoms with van der Waals surface area (Å²) in [5, 5.41) is 15.5. The number of aryl methyl sites for hydroxylation is 1. The number of esters is 1. The van der Waals surface area contributed by atoms with Crippen molar-refractivity contribution in [1.82, 2.24) is 0 Å². The van der Waals surface area contributed by atoms with Crippen LogP contribution in [0.3, 0.4) is 0 Å². The van der Waals surface area contributed by atoms with E-state index >= 15 is 0 Å². The van der Waals surface area contributed by atoms with Crippen molar-refractivity contribution in [3.05, 3.63) is 57.6 Å². The number of para-hydroxylation sites is 1. The highest BCUT2D eigenvalue weighted by Crippen LogP contribution is 2.36. The number of halogens is 2. The zero-order valence-electron chi connectivity index (χ0n) is 17.8. The number of nitrogens with zero attached hydrogens (tertiary/aromatic N) is 1. The second-order valence-electron chi connectivity index (χ2n) is 6.99. The predicted octanol–water partition coefficient (Wildman–Crippen LogP) is 6.98. The lowest BCUT2D eigenvalue weighted by Crippen LogP contribution is -2.11. The SMILES string of the molecule is CCOCOC(=O)c1ccccc1Nc1c(Cl)ccc(C)c1Cl.ON=C1CCCCC1. The number of carbonyl (C=O) groups excluding carboxylic acids is 1. The number of oxime groups is 1. The van der Waals surface area contributed by atoms with E-state index in [4.69, 9.17) is 37.9 Å². The number of hydrogen-bond donors (Lipinski definition) is 2. The van der Waals surface area contributed by atoms with E-state index in [1.165, 1.54) is 19.3 Å². The van der Waals surface area contributed by atoms with Crippen LogP contribution in [0.4, 0.5) is 11.4 Å². The van der Waals surface area contributed by atoms with Crippen molar-refractivity contribution in [1.29, 1.82) is 0 Å². The summed E-state index contributed by atoms with van der Waals surface area (Å²) in [7, 11) is 0. The van der Waals surface area contributed by atoms with Gasteiger partial charge in [-0.05, 0) is 63.3 Å². The first-order chi connectivity index (χ1) is 15.0. The Bertz CT molecular complexity index is 895. The molecular weight excluding hydrogens is 439 g/mol. The molecule has 0 radical (unpaired) electrons. The third-order valence-electron chi connectivity index (χ3n) is 4.74. The molecule has 1 saturated carbocycles. The number of rotatable bonds is 6. The highest BCUT2D eigenvalue weighted by molar-refractivity contribution is 6.39. The maximum atomic E-state index is 12.2. The summed E-state index contributed by atoms with van der Waals surface area (Å²) in [6, 6.07) is 10.6. The van der Waals surface area contributed by atoms with Gasteiger partial charge in [0.15, 0.2) is 6.79 Å². The van der Waals surface area contributed by atoms with Gasteiger partial charge in [0.2, 0.25) is 0 Å². The minimum atomic E-state index is -0.485. The summed E-state index contributed by atoms with van der Waals surface area (Å²) >= 11 is 12.5. The minimum absolute atomic E-state index is 0.0877. The number of nitrogens with one attached hydrogen (secondary N) is 1. The first-order valence-electron chi connectivity index (χ1n) is 10.2. The first-order valence-corrected chi connectivity index (χ1v) is 11.0. The van der Waals surface area contributed by atoms with Crippen LogP contribution in [0.5, 0.6) is 0 Å². The number of benzene rings is 2. The number of ether oxygens (including phenoxy) is 2. The van der Waals surface area contributed by atoms with Crippen LogP contribution in [0.1, 0.15) is 54.9 Å². The molecule has 0 amide bonds. The Morgan fingerprint density at radius 2 is 1.84 bits per heavy atom. The molecule has 0 saturated heterocycles. The maximum absolute atomic E-state index is 12.2. The molecule has 31 heavy (non-hydrogen) atoms. The van der Waals surface area contributed by atoms with Crippen LogP contribution in [0.15, 0.2) is 41.6 Å². The largest absolute Gasteiger partial charge is 0.435 e. The van der Waals surface area contributed by atoms with Crippen LogP contribution in [-0.2, 0) is 9.47 Å². The Morgan fingerprint density at radius 1 is 1.13 bits per heavy atom. The van der Waals surface area contributed by atoms with E-state index in [0.717, 1.165) is 24.1 Å². The van der Waals surface area contributed by atoms with Crippen LogP contribution in [0.2, 0.25) is 10.0 Å². The van der Waals surface area contributed by atoms with Crippen LogP contribution < -0.4 is 5.32 Å². The summed E-state index contributed by atoms with van der Waals surface area (Å²) in [6.45, 7) is 4.09. The second-order valence-corrected chi connectivity index (χ2v) is 7.78. The fourth-order valence-corrected chi connectivity index (χ4v) is 3.46. The second kappa shape index (κ2) is 13.2. The first kappa shape index (κ1) is 25.0. The molecule has 0 atom stereocenters. The summed E-state index contributed by atoms with van der Waals surface area (Å²) in [5.74, 6) is -0.485. The van der Waals surface area contributed by atoms with Crippen molar-refractivity contribution < 1.29 is 19.5 Å². The van der Waals surface area contributed by atoms with Gasteiger partial charge in [-0.15, -0.1) is 0 Å². The fraction of sp³-hybridized carbons (Fsp3) is 0.391. The Balaban J connectivity index is 0.000000357. The van der Waals surface area contributed by atoms with E-state index in [-0.39, 0.29) is 6.79 Å². The molecule has 0 bridgehead atoms. The van der Waals surface area contributed by atoms with E-state index in [2.05, 4.69) is 10.5 Å². The molecule has 1 aliphatic carbocycles. The molecule has 1 fully saturated rings. The Hall–Kier alpha value is -2.28. The van der Waals surface area contributed by atoms with Crippen LogP contribution in [0.25, 0.3) is 0 Å².